The summed E-state index contributed by atoms with van der Waals surface area (Å²) in [5, 5.41) is 7.85. The van der Waals surface area contributed by atoms with Gasteiger partial charge in [0, 0.05) is 24.8 Å². The molecule has 4 nitrogen and oxygen atoms in total. The van der Waals surface area contributed by atoms with Crippen LogP contribution in [0.4, 0.5) is 0 Å². The van der Waals surface area contributed by atoms with Crippen molar-refractivity contribution < 1.29 is 0 Å². The highest BCUT2D eigenvalue weighted by molar-refractivity contribution is 5.14. The molecule has 1 aliphatic rings. The van der Waals surface area contributed by atoms with Gasteiger partial charge in [-0.1, -0.05) is 6.92 Å². The van der Waals surface area contributed by atoms with Crippen molar-refractivity contribution in [3.8, 4) is 0 Å². The molecular formula is C13H24N4. The summed E-state index contributed by atoms with van der Waals surface area (Å²) in [6.45, 7) is 5.65. The average molecular weight is 236 g/mol. The molecule has 0 saturated carbocycles. The average Bonchev–Trinajstić information content (AvgIpc) is 2.86. The van der Waals surface area contributed by atoms with Crippen LogP contribution in [-0.4, -0.2) is 41.4 Å². The van der Waals surface area contributed by atoms with Crippen LogP contribution in [0, 0.1) is 5.92 Å². The van der Waals surface area contributed by atoms with Gasteiger partial charge in [-0.3, -0.25) is 9.58 Å². The van der Waals surface area contributed by atoms with Gasteiger partial charge in [-0.05, 0) is 45.4 Å². The van der Waals surface area contributed by atoms with Gasteiger partial charge in [0.15, 0.2) is 0 Å². The first kappa shape index (κ1) is 12.6. The van der Waals surface area contributed by atoms with Crippen molar-refractivity contribution in [2.24, 2.45) is 13.0 Å². The van der Waals surface area contributed by atoms with E-state index in [9.17, 15) is 0 Å². The molecule has 1 aromatic heterocycles. The van der Waals surface area contributed by atoms with Crippen LogP contribution in [0.15, 0.2) is 12.4 Å². The van der Waals surface area contributed by atoms with Gasteiger partial charge >= 0.3 is 0 Å². The molecule has 0 spiro atoms. The Labute approximate surface area is 104 Å². The van der Waals surface area contributed by atoms with E-state index >= 15 is 0 Å². The largest absolute Gasteiger partial charge is 0.316 e. The number of aromatic nitrogens is 2. The van der Waals surface area contributed by atoms with Gasteiger partial charge in [0.25, 0.3) is 0 Å². The number of aryl methyl sites for hydroxylation is 1. The zero-order valence-corrected chi connectivity index (χ0v) is 11.2. The summed E-state index contributed by atoms with van der Waals surface area (Å²) in [7, 11) is 4.21. The standard InChI is InChI=1S/C13H24N4/c1-4-6-14-8-11-5-7-16(2)13(11)12-9-15-17(3)10-12/h9-11,13-14H,4-8H2,1-3H3. The molecule has 17 heavy (non-hydrogen) atoms. The molecule has 0 radical (unpaired) electrons. The lowest BCUT2D eigenvalue weighted by Gasteiger charge is -2.24. The minimum Gasteiger partial charge on any atom is -0.316 e. The van der Waals surface area contributed by atoms with E-state index in [0.29, 0.717) is 6.04 Å². The molecule has 2 atom stereocenters. The predicted molar refractivity (Wildman–Crippen MR) is 69.8 cm³/mol. The lowest BCUT2D eigenvalue weighted by molar-refractivity contribution is 0.272. The molecule has 2 unspecified atom stereocenters. The van der Waals surface area contributed by atoms with E-state index in [1.54, 1.807) is 0 Å². The minimum atomic E-state index is 0.535. The number of hydrogen-bond acceptors (Lipinski definition) is 3. The van der Waals surface area contributed by atoms with E-state index in [1.807, 2.05) is 17.9 Å². The Bertz CT molecular complexity index is 347. The molecule has 0 aromatic carbocycles. The molecule has 1 N–H and O–H groups in total. The Morgan fingerprint density at radius 1 is 1.47 bits per heavy atom. The van der Waals surface area contributed by atoms with Crippen LogP contribution in [0.1, 0.15) is 31.4 Å². The van der Waals surface area contributed by atoms with E-state index in [-0.39, 0.29) is 0 Å². The summed E-state index contributed by atoms with van der Waals surface area (Å²) in [6, 6.07) is 0.535. The second-order valence-corrected chi connectivity index (χ2v) is 5.13. The number of rotatable bonds is 5. The van der Waals surface area contributed by atoms with Crippen LogP contribution in [0.25, 0.3) is 0 Å². The molecule has 96 valence electrons. The van der Waals surface area contributed by atoms with E-state index in [1.165, 1.54) is 24.9 Å². The molecule has 1 aromatic rings. The Hall–Kier alpha value is -0.870. The van der Waals surface area contributed by atoms with Gasteiger partial charge in [0.05, 0.1) is 6.20 Å². The first-order chi connectivity index (χ1) is 8.22. The number of nitrogens with zero attached hydrogens (tertiary/aromatic N) is 3. The lowest BCUT2D eigenvalue weighted by atomic mass is 9.96. The maximum absolute atomic E-state index is 4.30. The van der Waals surface area contributed by atoms with Gasteiger partial charge in [-0.25, -0.2) is 0 Å². The van der Waals surface area contributed by atoms with Crippen molar-refractivity contribution in [3.05, 3.63) is 18.0 Å². The molecule has 1 aliphatic heterocycles. The van der Waals surface area contributed by atoms with Crippen molar-refractivity contribution >= 4 is 0 Å². The van der Waals surface area contributed by atoms with E-state index in [2.05, 4.69) is 35.5 Å². The molecule has 0 amide bonds. The summed E-state index contributed by atoms with van der Waals surface area (Å²) in [5.41, 5.74) is 1.36. The molecule has 2 rings (SSSR count). The van der Waals surface area contributed by atoms with Crippen molar-refractivity contribution in [1.29, 1.82) is 0 Å². The van der Waals surface area contributed by atoms with Crippen molar-refractivity contribution in [2.75, 3.05) is 26.7 Å². The third-order valence-electron chi connectivity index (χ3n) is 3.67. The summed E-state index contributed by atoms with van der Waals surface area (Å²) in [5.74, 6) is 0.718. The van der Waals surface area contributed by atoms with Crippen LogP contribution >= 0.6 is 0 Å². The zero-order chi connectivity index (χ0) is 12.3. The Balaban J connectivity index is 2.01. The van der Waals surface area contributed by atoms with Gasteiger partial charge < -0.3 is 5.32 Å². The smallest absolute Gasteiger partial charge is 0.0537 e. The monoisotopic (exact) mass is 236 g/mol. The minimum absolute atomic E-state index is 0.535. The molecular weight excluding hydrogens is 212 g/mol. The Morgan fingerprint density at radius 2 is 2.29 bits per heavy atom. The lowest BCUT2D eigenvalue weighted by Crippen LogP contribution is -2.28. The molecule has 4 heteroatoms. The van der Waals surface area contributed by atoms with E-state index in [0.717, 1.165) is 19.0 Å². The van der Waals surface area contributed by atoms with Crippen LogP contribution in [0.5, 0.6) is 0 Å². The highest BCUT2D eigenvalue weighted by Crippen LogP contribution is 2.35. The van der Waals surface area contributed by atoms with E-state index in [4.69, 9.17) is 0 Å². The van der Waals surface area contributed by atoms with Crippen LogP contribution in [0.3, 0.4) is 0 Å². The quantitative estimate of drug-likeness (QED) is 0.785. The summed E-state index contributed by atoms with van der Waals surface area (Å²) in [6.07, 6.45) is 6.66. The second-order valence-electron chi connectivity index (χ2n) is 5.13. The maximum Gasteiger partial charge on any atom is 0.0537 e. The molecule has 1 fully saturated rings. The second kappa shape index (κ2) is 5.65. The highest BCUT2D eigenvalue weighted by atomic mass is 15.3. The maximum atomic E-state index is 4.30. The van der Waals surface area contributed by atoms with Gasteiger partial charge in [-0.2, -0.15) is 5.10 Å². The SMILES string of the molecule is CCCNCC1CCN(C)C1c1cnn(C)c1. The third-order valence-corrected chi connectivity index (χ3v) is 3.67. The zero-order valence-electron chi connectivity index (χ0n) is 11.2. The molecule has 1 saturated heterocycles. The fraction of sp³-hybridized carbons (Fsp3) is 0.769. The molecule has 0 bridgehead atoms. The Kier molecular flexibility index (Phi) is 4.18. The van der Waals surface area contributed by atoms with Crippen LogP contribution in [0.2, 0.25) is 0 Å². The highest BCUT2D eigenvalue weighted by Gasteiger charge is 2.33. The predicted octanol–water partition coefficient (Wildman–Crippen LogP) is 1.41. The normalized spacial score (nSPS) is 25.6. The third kappa shape index (κ3) is 2.87. The molecule has 0 aliphatic carbocycles. The fourth-order valence-corrected chi connectivity index (χ4v) is 2.82. The topological polar surface area (TPSA) is 33.1 Å². The van der Waals surface area contributed by atoms with E-state index < -0.39 is 0 Å². The van der Waals surface area contributed by atoms with Gasteiger partial charge in [0.1, 0.15) is 0 Å². The first-order valence-electron chi connectivity index (χ1n) is 6.62. The fourth-order valence-electron chi connectivity index (χ4n) is 2.82. The van der Waals surface area contributed by atoms with Crippen molar-refractivity contribution in [1.82, 2.24) is 20.0 Å². The summed E-state index contributed by atoms with van der Waals surface area (Å²) < 4.78 is 1.90. The van der Waals surface area contributed by atoms with Crippen LogP contribution in [-0.2, 0) is 7.05 Å². The van der Waals surface area contributed by atoms with Crippen LogP contribution < -0.4 is 5.32 Å². The number of nitrogens with one attached hydrogen (secondary N) is 1. The number of hydrogen-bond donors (Lipinski definition) is 1. The Morgan fingerprint density at radius 3 is 2.94 bits per heavy atom. The summed E-state index contributed by atoms with van der Waals surface area (Å²) >= 11 is 0. The first-order valence-corrected chi connectivity index (χ1v) is 6.62. The molecule has 2 heterocycles. The van der Waals surface area contributed by atoms with Crippen molar-refractivity contribution in [2.45, 2.75) is 25.8 Å². The van der Waals surface area contributed by atoms with Gasteiger partial charge in [0.2, 0.25) is 0 Å². The van der Waals surface area contributed by atoms with Crippen molar-refractivity contribution in [3.63, 3.8) is 0 Å². The summed E-state index contributed by atoms with van der Waals surface area (Å²) in [4.78, 5) is 2.45. The number of likely N-dealkylation sites (tertiary alicyclic amines) is 1. The van der Waals surface area contributed by atoms with Gasteiger partial charge in [-0.15, -0.1) is 0 Å².